The van der Waals surface area contributed by atoms with E-state index in [9.17, 15) is 9.90 Å². The summed E-state index contributed by atoms with van der Waals surface area (Å²) in [6, 6.07) is 4.79. The van der Waals surface area contributed by atoms with Crippen molar-refractivity contribution in [3.8, 4) is 5.75 Å². The number of halogens is 2. The first-order valence-electron chi connectivity index (χ1n) is 6.60. The number of rotatable bonds is 4. The molecule has 1 atom stereocenters. The number of carbonyl (C=O) groups excluding carboxylic acids is 1. The number of hydrogen-bond acceptors (Lipinski definition) is 3. The van der Waals surface area contributed by atoms with Crippen molar-refractivity contribution in [3.05, 3.63) is 28.2 Å². The van der Waals surface area contributed by atoms with Gasteiger partial charge in [-0.25, -0.2) is 0 Å². The zero-order chi connectivity index (χ0) is 14.5. The lowest BCUT2D eigenvalue weighted by atomic mass is 10.0. The predicted octanol–water partition coefficient (Wildman–Crippen LogP) is 2.75. The maximum absolute atomic E-state index is 12.1. The van der Waals surface area contributed by atoms with Gasteiger partial charge in [0.25, 0.3) is 5.91 Å². The van der Waals surface area contributed by atoms with Gasteiger partial charge in [-0.3, -0.25) is 4.79 Å². The molecule has 1 unspecified atom stereocenters. The molecule has 6 heteroatoms. The summed E-state index contributed by atoms with van der Waals surface area (Å²) in [7, 11) is 0. The highest BCUT2D eigenvalue weighted by atomic mass is 35.5. The number of aliphatic hydroxyl groups excluding tert-OH is 1. The Bertz CT molecular complexity index is 481. The van der Waals surface area contributed by atoms with Gasteiger partial charge >= 0.3 is 0 Å². The lowest BCUT2D eigenvalue weighted by Gasteiger charge is -2.34. The third-order valence-corrected chi connectivity index (χ3v) is 4.15. The first-order valence-corrected chi connectivity index (χ1v) is 7.35. The Hall–Kier alpha value is -0.970. The lowest BCUT2D eigenvalue weighted by molar-refractivity contribution is -0.138. The van der Waals surface area contributed by atoms with E-state index in [-0.39, 0.29) is 25.2 Å². The highest BCUT2D eigenvalue weighted by Crippen LogP contribution is 2.26. The van der Waals surface area contributed by atoms with Crippen molar-refractivity contribution < 1.29 is 14.6 Å². The average molecular weight is 318 g/mol. The second-order valence-electron chi connectivity index (χ2n) is 4.78. The maximum atomic E-state index is 12.1. The van der Waals surface area contributed by atoms with Crippen molar-refractivity contribution >= 4 is 29.1 Å². The SMILES string of the molecule is O=C(COc1ccc(Cl)c(Cl)c1)N1CCCCC1CO. The Morgan fingerprint density at radius 1 is 1.35 bits per heavy atom. The normalized spacial score (nSPS) is 18.9. The van der Waals surface area contributed by atoms with Crippen LogP contribution in [0.25, 0.3) is 0 Å². The standard InChI is InChI=1S/C14H17Cl2NO3/c15-12-5-4-11(7-13(12)16)20-9-14(19)17-6-2-1-3-10(17)8-18/h4-5,7,10,18H,1-3,6,8-9H2. The van der Waals surface area contributed by atoms with E-state index in [0.29, 0.717) is 22.3 Å². The molecule has 0 aliphatic carbocycles. The smallest absolute Gasteiger partial charge is 0.260 e. The number of aliphatic hydroxyl groups is 1. The molecule has 0 spiro atoms. The largest absolute Gasteiger partial charge is 0.484 e. The molecule has 0 aromatic heterocycles. The summed E-state index contributed by atoms with van der Waals surface area (Å²) in [5, 5.41) is 10.1. The van der Waals surface area contributed by atoms with Crippen LogP contribution in [0.15, 0.2) is 18.2 Å². The van der Waals surface area contributed by atoms with Gasteiger partial charge in [0, 0.05) is 12.6 Å². The van der Waals surface area contributed by atoms with Crippen LogP contribution in [0.3, 0.4) is 0 Å². The average Bonchev–Trinajstić information content (AvgIpc) is 2.48. The summed E-state index contributed by atoms with van der Waals surface area (Å²) in [6.45, 7) is 0.613. The van der Waals surface area contributed by atoms with Gasteiger partial charge in [-0.2, -0.15) is 0 Å². The monoisotopic (exact) mass is 317 g/mol. The lowest BCUT2D eigenvalue weighted by Crippen LogP contribution is -2.47. The summed E-state index contributed by atoms with van der Waals surface area (Å²) < 4.78 is 5.43. The number of piperidine rings is 1. The van der Waals surface area contributed by atoms with Gasteiger partial charge in [0.05, 0.1) is 22.7 Å². The van der Waals surface area contributed by atoms with Gasteiger partial charge in [0.15, 0.2) is 6.61 Å². The van der Waals surface area contributed by atoms with Gasteiger partial charge in [0.2, 0.25) is 0 Å². The minimum absolute atomic E-state index is 0.00148. The van der Waals surface area contributed by atoms with Crippen LogP contribution < -0.4 is 4.74 Å². The first-order chi connectivity index (χ1) is 9.61. The van der Waals surface area contributed by atoms with Gasteiger partial charge < -0.3 is 14.7 Å². The molecular weight excluding hydrogens is 301 g/mol. The number of nitrogens with zero attached hydrogens (tertiary/aromatic N) is 1. The van der Waals surface area contributed by atoms with E-state index in [1.807, 2.05) is 0 Å². The molecule has 1 amide bonds. The van der Waals surface area contributed by atoms with Crippen LogP contribution in [0.2, 0.25) is 10.0 Å². The molecule has 1 aliphatic rings. The molecule has 1 saturated heterocycles. The molecule has 110 valence electrons. The van der Waals surface area contributed by atoms with Crippen LogP contribution in [0.4, 0.5) is 0 Å². The highest BCUT2D eigenvalue weighted by molar-refractivity contribution is 6.42. The maximum Gasteiger partial charge on any atom is 0.260 e. The summed E-state index contributed by atoms with van der Waals surface area (Å²) in [6.07, 6.45) is 2.85. The number of amides is 1. The molecule has 1 fully saturated rings. The van der Waals surface area contributed by atoms with Crippen molar-refractivity contribution in [1.29, 1.82) is 0 Å². The molecule has 1 aromatic rings. The van der Waals surface area contributed by atoms with Crippen LogP contribution in [0, 0.1) is 0 Å². The molecule has 0 saturated carbocycles. The Balaban J connectivity index is 1.92. The minimum atomic E-state index is -0.116. The second kappa shape index (κ2) is 7.16. The summed E-state index contributed by atoms with van der Waals surface area (Å²) in [4.78, 5) is 13.8. The molecule has 4 nitrogen and oxygen atoms in total. The number of likely N-dealkylation sites (tertiary alicyclic amines) is 1. The molecule has 1 N–H and O–H groups in total. The molecule has 0 radical (unpaired) electrons. The number of hydrogen-bond donors (Lipinski definition) is 1. The van der Waals surface area contributed by atoms with Crippen LogP contribution in [-0.2, 0) is 4.79 Å². The fourth-order valence-electron chi connectivity index (χ4n) is 2.31. The van der Waals surface area contributed by atoms with Crippen molar-refractivity contribution in [2.24, 2.45) is 0 Å². The second-order valence-corrected chi connectivity index (χ2v) is 5.60. The third kappa shape index (κ3) is 3.78. The first kappa shape index (κ1) is 15.4. The van der Waals surface area contributed by atoms with Crippen LogP contribution >= 0.6 is 23.2 Å². The quantitative estimate of drug-likeness (QED) is 0.929. The Labute approximate surface area is 128 Å². The van der Waals surface area contributed by atoms with Crippen LogP contribution in [0.1, 0.15) is 19.3 Å². The summed E-state index contributed by atoms with van der Waals surface area (Å²) in [5.41, 5.74) is 0. The molecular formula is C14H17Cl2NO3. The van der Waals surface area contributed by atoms with Crippen molar-refractivity contribution in [2.75, 3.05) is 19.8 Å². The van der Waals surface area contributed by atoms with E-state index >= 15 is 0 Å². The van der Waals surface area contributed by atoms with E-state index in [1.165, 1.54) is 0 Å². The van der Waals surface area contributed by atoms with Crippen molar-refractivity contribution in [1.82, 2.24) is 4.90 Å². The van der Waals surface area contributed by atoms with Gasteiger partial charge in [0.1, 0.15) is 5.75 Å². The van der Waals surface area contributed by atoms with E-state index < -0.39 is 0 Å². The molecule has 1 heterocycles. The van der Waals surface area contributed by atoms with E-state index in [2.05, 4.69) is 0 Å². The van der Waals surface area contributed by atoms with E-state index in [0.717, 1.165) is 19.3 Å². The minimum Gasteiger partial charge on any atom is -0.484 e. The van der Waals surface area contributed by atoms with Crippen molar-refractivity contribution in [2.45, 2.75) is 25.3 Å². The number of benzene rings is 1. The van der Waals surface area contributed by atoms with Gasteiger partial charge in [-0.05, 0) is 31.4 Å². The van der Waals surface area contributed by atoms with Crippen LogP contribution in [0.5, 0.6) is 5.75 Å². The Kier molecular flexibility index (Phi) is 5.52. The zero-order valence-electron chi connectivity index (χ0n) is 11.0. The number of ether oxygens (including phenoxy) is 1. The van der Waals surface area contributed by atoms with Gasteiger partial charge in [-0.1, -0.05) is 23.2 Å². The number of carbonyl (C=O) groups is 1. The van der Waals surface area contributed by atoms with E-state index in [1.54, 1.807) is 23.1 Å². The van der Waals surface area contributed by atoms with E-state index in [4.69, 9.17) is 27.9 Å². The Morgan fingerprint density at radius 2 is 2.15 bits per heavy atom. The fourth-order valence-corrected chi connectivity index (χ4v) is 2.60. The molecule has 2 rings (SSSR count). The molecule has 1 aromatic carbocycles. The van der Waals surface area contributed by atoms with Crippen molar-refractivity contribution in [3.63, 3.8) is 0 Å². The molecule has 1 aliphatic heterocycles. The third-order valence-electron chi connectivity index (χ3n) is 3.41. The topological polar surface area (TPSA) is 49.8 Å². The molecule has 0 bridgehead atoms. The highest BCUT2D eigenvalue weighted by Gasteiger charge is 2.26. The summed E-state index contributed by atoms with van der Waals surface area (Å²) in [5.74, 6) is 0.389. The predicted molar refractivity (Wildman–Crippen MR) is 78.4 cm³/mol. The molecule has 20 heavy (non-hydrogen) atoms. The zero-order valence-corrected chi connectivity index (χ0v) is 12.5. The van der Waals surface area contributed by atoms with Gasteiger partial charge in [-0.15, -0.1) is 0 Å². The summed E-state index contributed by atoms with van der Waals surface area (Å²) >= 11 is 11.7. The Morgan fingerprint density at radius 3 is 2.85 bits per heavy atom. The fraction of sp³-hybridized carbons (Fsp3) is 0.500. The van der Waals surface area contributed by atoms with Crippen LogP contribution in [-0.4, -0.2) is 41.7 Å².